The molecular weight excluding hydrogens is 241 g/mol. The van der Waals surface area contributed by atoms with E-state index in [4.69, 9.17) is 11.6 Å². The molecule has 0 heterocycles. The molecule has 0 aliphatic carbocycles. The molecule has 4 nitrogen and oxygen atoms in total. The Morgan fingerprint density at radius 3 is 2.88 bits per heavy atom. The number of carbonyl (C=O) groups is 1. The van der Waals surface area contributed by atoms with E-state index in [1.54, 1.807) is 12.1 Å². The van der Waals surface area contributed by atoms with E-state index in [0.29, 0.717) is 23.4 Å². The van der Waals surface area contributed by atoms with Crippen LogP contribution in [0.1, 0.15) is 19.8 Å². The van der Waals surface area contributed by atoms with Gasteiger partial charge in [-0.25, -0.2) is 10.2 Å². The summed E-state index contributed by atoms with van der Waals surface area (Å²) in [6.07, 6.45) is 0.971. The number of carbonyl (C=O) groups excluding carboxylic acids is 1. The third kappa shape index (κ3) is 4.62. The summed E-state index contributed by atoms with van der Waals surface area (Å²) in [5.41, 5.74) is 7.93. The number of benzene rings is 1. The molecule has 94 valence electrons. The monoisotopic (exact) mass is 257 g/mol. The van der Waals surface area contributed by atoms with Gasteiger partial charge in [-0.2, -0.15) is 0 Å². The smallest absolute Gasteiger partial charge is 0.233 e. The quantitative estimate of drug-likeness (QED) is 0.246. The van der Waals surface area contributed by atoms with Gasteiger partial charge in [0.2, 0.25) is 5.91 Å². The zero-order valence-corrected chi connectivity index (χ0v) is 10.4. The van der Waals surface area contributed by atoms with Crippen LogP contribution in [0.3, 0.4) is 0 Å². The molecule has 0 aliphatic rings. The number of nitrogens with two attached hydrogens (primary N) is 2. The first-order valence-electron chi connectivity index (χ1n) is 5.24. The van der Waals surface area contributed by atoms with Crippen molar-refractivity contribution in [1.82, 2.24) is 5.43 Å². The summed E-state index contributed by atoms with van der Waals surface area (Å²) in [4.78, 5) is 11.5. The van der Waals surface area contributed by atoms with Crippen molar-refractivity contribution < 1.29 is 9.18 Å². The van der Waals surface area contributed by atoms with E-state index < -0.39 is 0 Å². The summed E-state index contributed by atoms with van der Waals surface area (Å²) in [6.45, 7) is 1.93. The van der Waals surface area contributed by atoms with Crippen molar-refractivity contribution in [2.45, 2.75) is 29.9 Å². The molecule has 1 atom stereocenters. The summed E-state index contributed by atoms with van der Waals surface area (Å²) >= 11 is 1.38. The average molecular weight is 257 g/mol. The summed E-state index contributed by atoms with van der Waals surface area (Å²) in [5, 5.41) is 0.130. The van der Waals surface area contributed by atoms with E-state index in [1.807, 2.05) is 6.92 Å². The highest BCUT2D eigenvalue weighted by Crippen LogP contribution is 2.29. The third-order valence-electron chi connectivity index (χ3n) is 2.22. The molecular formula is C11H16FN3OS. The van der Waals surface area contributed by atoms with Crippen molar-refractivity contribution in [2.75, 3.05) is 5.73 Å². The maximum Gasteiger partial charge on any atom is 0.233 e. The summed E-state index contributed by atoms with van der Waals surface area (Å²) in [5.74, 6) is 4.43. The lowest BCUT2D eigenvalue weighted by Crippen LogP contribution is -2.30. The first-order valence-corrected chi connectivity index (χ1v) is 6.12. The predicted octanol–water partition coefficient (Wildman–Crippen LogP) is 1.66. The first-order chi connectivity index (χ1) is 8.02. The van der Waals surface area contributed by atoms with Gasteiger partial charge in [0.05, 0.1) is 0 Å². The summed E-state index contributed by atoms with van der Waals surface area (Å²) < 4.78 is 13.5. The molecule has 0 spiro atoms. The lowest BCUT2D eigenvalue weighted by atomic mass is 10.2. The van der Waals surface area contributed by atoms with Crippen molar-refractivity contribution in [1.29, 1.82) is 0 Å². The summed E-state index contributed by atoms with van der Waals surface area (Å²) in [7, 11) is 0. The van der Waals surface area contributed by atoms with Crippen LogP contribution in [0.25, 0.3) is 0 Å². The molecule has 17 heavy (non-hydrogen) atoms. The van der Waals surface area contributed by atoms with Crippen LogP contribution in [0.5, 0.6) is 0 Å². The normalized spacial score (nSPS) is 12.2. The minimum atomic E-state index is -0.329. The molecule has 0 radical (unpaired) electrons. The second-order valence-electron chi connectivity index (χ2n) is 3.72. The van der Waals surface area contributed by atoms with Crippen LogP contribution in [-0.2, 0) is 4.79 Å². The maximum atomic E-state index is 13.5. The van der Waals surface area contributed by atoms with Crippen molar-refractivity contribution in [3.63, 3.8) is 0 Å². The molecule has 1 rings (SSSR count). The number of amides is 1. The Morgan fingerprint density at radius 1 is 1.59 bits per heavy atom. The summed E-state index contributed by atoms with van der Waals surface area (Å²) in [6, 6.07) is 4.60. The number of hydrogen-bond acceptors (Lipinski definition) is 4. The van der Waals surface area contributed by atoms with Crippen molar-refractivity contribution >= 4 is 23.4 Å². The molecule has 0 fully saturated rings. The maximum absolute atomic E-state index is 13.5. The fourth-order valence-corrected chi connectivity index (χ4v) is 2.28. The molecule has 6 heteroatoms. The Kier molecular flexibility index (Phi) is 5.24. The molecule has 1 aromatic carbocycles. The zero-order valence-electron chi connectivity index (χ0n) is 9.57. The molecule has 0 aromatic heterocycles. The minimum absolute atomic E-state index is 0.130. The fraction of sp³-hybridized carbons (Fsp3) is 0.364. The van der Waals surface area contributed by atoms with Gasteiger partial charge in [0, 0.05) is 22.3 Å². The van der Waals surface area contributed by atoms with E-state index in [9.17, 15) is 9.18 Å². The van der Waals surface area contributed by atoms with Gasteiger partial charge in [-0.05, 0) is 24.6 Å². The molecule has 0 saturated carbocycles. The van der Waals surface area contributed by atoms with Crippen LogP contribution in [0.15, 0.2) is 23.1 Å². The highest BCUT2D eigenvalue weighted by Gasteiger charge is 2.10. The zero-order chi connectivity index (χ0) is 12.8. The van der Waals surface area contributed by atoms with Crippen LogP contribution < -0.4 is 17.0 Å². The van der Waals surface area contributed by atoms with Gasteiger partial charge in [-0.1, -0.05) is 6.92 Å². The standard InChI is InChI=1S/C11H16FN3OS/c1-7(2-5-11(16)15-14)17-10-4-3-8(13)6-9(10)12/h3-4,6-7H,2,5,13-14H2,1H3,(H,15,16). The van der Waals surface area contributed by atoms with Crippen molar-refractivity contribution in [3.8, 4) is 0 Å². The number of rotatable bonds is 5. The number of nitrogens with one attached hydrogen (secondary N) is 1. The second kappa shape index (κ2) is 6.46. The molecule has 1 aromatic rings. The minimum Gasteiger partial charge on any atom is -0.399 e. The number of hydrazine groups is 1. The Bertz CT molecular complexity index is 400. The molecule has 0 aliphatic heterocycles. The Labute approximate surface area is 104 Å². The molecule has 1 unspecified atom stereocenters. The SMILES string of the molecule is CC(CCC(=O)NN)Sc1ccc(N)cc1F. The molecule has 5 N–H and O–H groups in total. The van der Waals surface area contributed by atoms with Crippen molar-refractivity contribution in [2.24, 2.45) is 5.84 Å². The van der Waals surface area contributed by atoms with Crippen LogP contribution in [0, 0.1) is 5.82 Å². The number of hydrogen-bond donors (Lipinski definition) is 3. The van der Waals surface area contributed by atoms with Crippen LogP contribution in [0.2, 0.25) is 0 Å². The second-order valence-corrected chi connectivity index (χ2v) is 5.20. The van der Waals surface area contributed by atoms with Gasteiger partial charge >= 0.3 is 0 Å². The average Bonchev–Trinajstić information content (AvgIpc) is 2.29. The predicted molar refractivity (Wildman–Crippen MR) is 67.7 cm³/mol. The van der Waals surface area contributed by atoms with Crippen LogP contribution in [0.4, 0.5) is 10.1 Å². The number of thioether (sulfide) groups is 1. The highest BCUT2D eigenvalue weighted by atomic mass is 32.2. The van der Waals surface area contributed by atoms with Crippen molar-refractivity contribution in [3.05, 3.63) is 24.0 Å². The van der Waals surface area contributed by atoms with E-state index >= 15 is 0 Å². The molecule has 0 bridgehead atoms. The topological polar surface area (TPSA) is 81.1 Å². The van der Waals surface area contributed by atoms with Gasteiger partial charge in [0.15, 0.2) is 0 Å². The highest BCUT2D eigenvalue weighted by molar-refractivity contribution is 8.00. The van der Waals surface area contributed by atoms with Crippen LogP contribution >= 0.6 is 11.8 Å². The largest absolute Gasteiger partial charge is 0.399 e. The Hall–Kier alpha value is -1.27. The Balaban J connectivity index is 2.50. The van der Waals surface area contributed by atoms with Crippen LogP contribution in [-0.4, -0.2) is 11.2 Å². The number of anilines is 1. The van der Waals surface area contributed by atoms with Gasteiger partial charge < -0.3 is 5.73 Å². The lowest BCUT2D eigenvalue weighted by molar-refractivity contribution is -0.121. The number of nitrogen functional groups attached to an aromatic ring is 1. The van der Waals surface area contributed by atoms with Gasteiger partial charge in [-0.3, -0.25) is 10.2 Å². The molecule has 1 amide bonds. The van der Waals surface area contributed by atoms with E-state index in [-0.39, 0.29) is 17.0 Å². The third-order valence-corrected chi connectivity index (χ3v) is 3.45. The first kappa shape index (κ1) is 13.8. The van der Waals surface area contributed by atoms with Gasteiger partial charge in [-0.15, -0.1) is 11.8 Å². The van der Waals surface area contributed by atoms with E-state index in [2.05, 4.69) is 5.43 Å². The lowest BCUT2D eigenvalue weighted by Gasteiger charge is -2.11. The van der Waals surface area contributed by atoms with E-state index in [1.165, 1.54) is 17.8 Å². The van der Waals surface area contributed by atoms with E-state index in [0.717, 1.165) is 0 Å². The van der Waals surface area contributed by atoms with Gasteiger partial charge in [0.25, 0.3) is 0 Å². The fourth-order valence-electron chi connectivity index (χ4n) is 1.29. The molecule has 0 saturated heterocycles. The Morgan fingerprint density at radius 2 is 2.29 bits per heavy atom. The number of halogens is 1. The van der Waals surface area contributed by atoms with Gasteiger partial charge in [0.1, 0.15) is 5.82 Å².